The molecular formula is C17H14F2N2. The quantitative estimate of drug-likeness (QED) is 0.703. The molecule has 21 heavy (non-hydrogen) atoms. The molecule has 0 atom stereocenters. The summed E-state index contributed by atoms with van der Waals surface area (Å²) in [6.45, 7) is 0.367. The van der Waals surface area contributed by atoms with Gasteiger partial charge in [0.2, 0.25) is 0 Å². The summed E-state index contributed by atoms with van der Waals surface area (Å²) in [6.07, 6.45) is 0. The maximum Gasteiger partial charge on any atom is 0.183 e. The minimum absolute atomic E-state index is 0.00272. The number of hydrogen-bond acceptors (Lipinski definition) is 2. The van der Waals surface area contributed by atoms with Gasteiger partial charge in [0.1, 0.15) is 0 Å². The Morgan fingerprint density at radius 1 is 0.905 bits per heavy atom. The Hall–Kier alpha value is -2.62. The fourth-order valence-electron chi connectivity index (χ4n) is 2.38. The largest absolute Gasteiger partial charge is 0.397 e. The molecule has 0 aliphatic carbocycles. The van der Waals surface area contributed by atoms with Crippen LogP contribution in [0.15, 0.2) is 54.6 Å². The van der Waals surface area contributed by atoms with Crippen LogP contribution in [0.5, 0.6) is 0 Å². The molecule has 0 fully saturated rings. The first-order chi connectivity index (χ1) is 10.2. The zero-order valence-electron chi connectivity index (χ0n) is 11.2. The smallest absolute Gasteiger partial charge is 0.183 e. The highest BCUT2D eigenvalue weighted by molar-refractivity contribution is 5.86. The number of rotatable bonds is 3. The van der Waals surface area contributed by atoms with Gasteiger partial charge in [-0.15, -0.1) is 0 Å². The molecule has 0 saturated heterocycles. The second-order valence-electron chi connectivity index (χ2n) is 4.82. The summed E-state index contributed by atoms with van der Waals surface area (Å²) >= 11 is 0. The van der Waals surface area contributed by atoms with E-state index in [1.165, 1.54) is 6.07 Å². The van der Waals surface area contributed by atoms with Crippen LogP contribution in [0.4, 0.5) is 20.2 Å². The van der Waals surface area contributed by atoms with Crippen molar-refractivity contribution in [1.82, 2.24) is 0 Å². The van der Waals surface area contributed by atoms with Crippen LogP contribution in [0.1, 0.15) is 5.56 Å². The van der Waals surface area contributed by atoms with E-state index in [0.29, 0.717) is 6.54 Å². The van der Waals surface area contributed by atoms with E-state index in [9.17, 15) is 8.78 Å². The summed E-state index contributed by atoms with van der Waals surface area (Å²) < 4.78 is 27.0. The van der Waals surface area contributed by atoms with Crippen LogP contribution < -0.4 is 11.1 Å². The van der Waals surface area contributed by atoms with Gasteiger partial charge in [-0.05, 0) is 28.5 Å². The van der Waals surface area contributed by atoms with Gasteiger partial charge in [-0.2, -0.15) is 0 Å². The molecule has 0 spiro atoms. The molecule has 0 aliphatic rings. The molecule has 3 aromatic rings. The number of nitrogens with one attached hydrogen (secondary N) is 1. The molecule has 4 heteroatoms. The van der Waals surface area contributed by atoms with E-state index in [1.807, 2.05) is 42.5 Å². The number of hydrogen-bond donors (Lipinski definition) is 2. The van der Waals surface area contributed by atoms with E-state index in [1.54, 1.807) is 0 Å². The van der Waals surface area contributed by atoms with Crippen molar-refractivity contribution in [1.29, 1.82) is 0 Å². The van der Waals surface area contributed by atoms with Gasteiger partial charge in [0, 0.05) is 6.54 Å². The Kier molecular flexibility index (Phi) is 3.44. The molecule has 0 bridgehead atoms. The minimum atomic E-state index is -0.949. The predicted molar refractivity (Wildman–Crippen MR) is 82.0 cm³/mol. The molecule has 0 unspecified atom stereocenters. The first-order valence-corrected chi connectivity index (χ1v) is 6.61. The van der Waals surface area contributed by atoms with Gasteiger partial charge in [-0.3, -0.25) is 0 Å². The predicted octanol–water partition coefficient (Wildman–Crippen LogP) is 4.31. The lowest BCUT2D eigenvalue weighted by Crippen LogP contribution is -2.06. The van der Waals surface area contributed by atoms with Gasteiger partial charge in [0.05, 0.1) is 11.4 Å². The number of fused-ring (bicyclic) bond motifs is 1. The number of nitrogen functional groups attached to an aromatic ring is 1. The highest BCUT2D eigenvalue weighted by atomic mass is 19.2. The standard InChI is InChI=1S/C17H14F2N2/c18-14-8-9-15(20)17(16(14)19)21-10-12-6-3-5-11-4-1-2-7-13(11)12/h1-9,21H,10,20H2. The zero-order chi connectivity index (χ0) is 14.8. The van der Waals surface area contributed by atoms with Crippen LogP contribution in [0.25, 0.3) is 10.8 Å². The van der Waals surface area contributed by atoms with Crippen molar-refractivity contribution in [3.8, 4) is 0 Å². The molecule has 3 aromatic carbocycles. The van der Waals surface area contributed by atoms with Crippen molar-refractivity contribution in [2.75, 3.05) is 11.1 Å². The van der Waals surface area contributed by atoms with Crippen LogP contribution >= 0.6 is 0 Å². The molecule has 0 aromatic heterocycles. The maximum absolute atomic E-state index is 13.8. The molecule has 0 aliphatic heterocycles. The number of anilines is 2. The SMILES string of the molecule is Nc1ccc(F)c(F)c1NCc1cccc2ccccc12. The highest BCUT2D eigenvalue weighted by Crippen LogP contribution is 2.26. The molecule has 0 saturated carbocycles. The summed E-state index contributed by atoms with van der Waals surface area (Å²) in [6, 6.07) is 16.2. The number of nitrogens with two attached hydrogens (primary N) is 1. The Labute approximate surface area is 121 Å². The van der Waals surface area contributed by atoms with Crippen LogP contribution in [0.2, 0.25) is 0 Å². The Balaban J connectivity index is 1.93. The fraction of sp³-hybridized carbons (Fsp3) is 0.0588. The molecule has 2 nitrogen and oxygen atoms in total. The Morgan fingerprint density at radius 2 is 1.67 bits per heavy atom. The Bertz CT molecular complexity index is 795. The first kappa shape index (κ1) is 13.4. The molecule has 3 N–H and O–H groups in total. The average molecular weight is 284 g/mol. The highest BCUT2D eigenvalue weighted by Gasteiger charge is 2.11. The third-order valence-electron chi connectivity index (χ3n) is 3.46. The van der Waals surface area contributed by atoms with E-state index < -0.39 is 11.6 Å². The van der Waals surface area contributed by atoms with Crippen LogP contribution in [0.3, 0.4) is 0 Å². The van der Waals surface area contributed by atoms with Gasteiger partial charge in [-0.25, -0.2) is 8.78 Å². The van der Waals surface area contributed by atoms with Crippen molar-refractivity contribution < 1.29 is 8.78 Å². The molecule has 0 amide bonds. The average Bonchev–Trinajstić information content (AvgIpc) is 2.51. The van der Waals surface area contributed by atoms with Gasteiger partial charge < -0.3 is 11.1 Å². The monoisotopic (exact) mass is 284 g/mol. The summed E-state index contributed by atoms with van der Waals surface area (Å²) in [7, 11) is 0. The Morgan fingerprint density at radius 3 is 2.52 bits per heavy atom. The third kappa shape index (κ3) is 2.52. The normalized spacial score (nSPS) is 10.8. The van der Waals surface area contributed by atoms with Gasteiger partial charge in [0.25, 0.3) is 0 Å². The minimum Gasteiger partial charge on any atom is -0.397 e. The molecule has 106 valence electrons. The van der Waals surface area contributed by atoms with Crippen molar-refractivity contribution in [2.24, 2.45) is 0 Å². The van der Waals surface area contributed by atoms with E-state index >= 15 is 0 Å². The van der Waals surface area contributed by atoms with E-state index in [0.717, 1.165) is 22.4 Å². The van der Waals surface area contributed by atoms with Crippen LogP contribution in [0, 0.1) is 11.6 Å². The summed E-state index contributed by atoms with van der Waals surface area (Å²) in [5, 5.41) is 5.06. The van der Waals surface area contributed by atoms with Crippen LogP contribution in [-0.2, 0) is 6.54 Å². The van der Waals surface area contributed by atoms with Crippen molar-refractivity contribution in [2.45, 2.75) is 6.54 Å². The van der Waals surface area contributed by atoms with E-state index in [4.69, 9.17) is 5.73 Å². The van der Waals surface area contributed by atoms with Gasteiger partial charge >= 0.3 is 0 Å². The van der Waals surface area contributed by atoms with Crippen molar-refractivity contribution in [3.05, 3.63) is 71.8 Å². The fourth-order valence-corrected chi connectivity index (χ4v) is 2.38. The topological polar surface area (TPSA) is 38.0 Å². The maximum atomic E-state index is 13.8. The van der Waals surface area contributed by atoms with E-state index in [2.05, 4.69) is 5.32 Å². The van der Waals surface area contributed by atoms with Crippen molar-refractivity contribution in [3.63, 3.8) is 0 Å². The molecule has 3 rings (SSSR count). The van der Waals surface area contributed by atoms with E-state index in [-0.39, 0.29) is 11.4 Å². The summed E-state index contributed by atoms with van der Waals surface area (Å²) in [4.78, 5) is 0. The number of halogens is 2. The van der Waals surface area contributed by atoms with Gasteiger partial charge in [0.15, 0.2) is 11.6 Å². The lowest BCUT2D eigenvalue weighted by molar-refractivity contribution is 0.511. The summed E-state index contributed by atoms with van der Waals surface area (Å²) in [5.41, 5.74) is 6.89. The molecular weight excluding hydrogens is 270 g/mol. The molecule has 0 heterocycles. The van der Waals surface area contributed by atoms with Gasteiger partial charge in [-0.1, -0.05) is 42.5 Å². The first-order valence-electron chi connectivity index (χ1n) is 6.61. The van der Waals surface area contributed by atoms with Crippen molar-refractivity contribution >= 4 is 22.1 Å². The molecule has 0 radical (unpaired) electrons. The lowest BCUT2D eigenvalue weighted by atomic mass is 10.0. The second kappa shape index (κ2) is 5.40. The number of benzene rings is 3. The third-order valence-corrected chi connectivity index (χ3v) is 3.46. The van der Waals surface area contributed by atoms with Crippen LogP contribution in [-0.4, -0.2) is 0 Å². The second-order valence-corrected chi connectivity index (χ2v) is 4.82. The lowest BCUT2D eigenvalue weighted by Gasteiger charge is -2.12. The zero-order valence-corrected chi connectivity index (χ0v) is 11.2. The summed E-state index contributed by atoms with van der Waals surface area (Å²) in [5.74, 6) is -1.86.